The number of imide groups is 1. The molecule has 1 aliphatic rings. The van der Waals surface area contributed by atoms with Crippen molar-refractivity contribution in [3.8, 4) is 0 Å². The summed E-state index contributed by atoms with van der Waals surface area (Å²) in [6.07, 6.45) is 2.07. The number of para-hydroxylation sites is 1. The summed E-state index contributed by atoms with van der Waals surface area (Å²) in [5.41, 5.74) is 3.54. The van der Waals surface area contributed by atoms with Crippen LogP contribution in [-0.4, -0.2) is 47.5 Å². The quantitative estimate of drug-likeness (QED) is 0.612. The van der Waals surface area contributed by atoms with Gasteiger partial charge in [-0.2, -0.15) is 0 Å². The molecule has 4 N–H and O–H groups in total. The zero-order chi connectivity index (χ0) is 19.5. The Kier molecular flexibility index (Phi) is 5.12. The second-order valence-electron chi connectivity index (χ2n) is 7.23. The number of hydrogen-bond donors (Lipinski definition) is 3. The van der Waals surface area contributed by atoms with Gasteiger partial charge in [-0.15, -0.1) is 0 Å². The number of quaternary nitrogens is 1. The van der Waals surface area contributed by atoms with Crippen molar-refractivity contribution in [2.75, 3.05) is 19.6 Å². The molecule has 0 spiro atoms. The summed E-state index contributed by atoms with van der Waals surface area (Å²) in [6.45, 7) is 3.55. The van der Waals surface area contributed by atoms with Crippen molar-refractivity contribution in [3.05, 3.63) is 71.9 Å². The van der Waals surface area contributed by atoms with E-state index in [-0.39, 0.29) is 23.9 Å². The number of hydrogen-bond acceptors (Lipinski definition) is 2. The highest BCUT2D eigenvalue weighted by atomic mass is 16.2. The van der Waals surface area contributed by atoms with Crippen molar-refractivity contribution < 1.29 is 14.9 Å². The lowest BCUT2D eigenvalue weighted by atomic mass is 9.90. The van der Waals surface area contributed by atoms with Crippen LogP contribution in [0.2, 0.25) is 0 Å². The maximum Gasteiger partial charge on any atom is 0.324 e. The number of urea groups is 1. The first-order valence-electron chi connectivity index (χ1n) is 9.68. The van der Waals surface area contributed by atoms with Gasteiger partial charge >= 0.3 is 6.03 Å². The van der Waals surface area contributed by atoms with Crippen LogP contribution in [0.3, 0.4) is 0 Å². The van der Waals surface area contributed by atoms with E-state index in [0.29, 0.717) is 19.6 Å². The van der Waals surface area contributed by atoms with Crippen LogP contribution in [-0.2, 0) is 4.79 Å². The molecule has 2 aromatic carbocycles. The number of amides is 3. The maximum atomic E-state index is 12.6. The Morgan fingerprint density at radius 2 is 1.89 bits per heavy atom. The molecular formula is C22H25N4O2+. The van der Waals surface area contributed by atoms with Crippen LogP contribution in [0, 0.1) is 0 Å². The Balaban J connectivity index is 1.57. The van der Waals surface area contributed by atoms with Crippen molar-refractivity contribution in [1.29, 1.82) is 0 Å². The number of nitrogens with zero attached hydrogens (tertiary/aromatic N) is 1. The van der Waals surface area contributed by atoms with Gasteiger partial charge in [-0.25, -0.2) is 4.79 Å². The molecule has 6 heteroatoms. The number of rotatable bonds is 6. The van der Waals surface area contributed by atoms with Gasteiger partial charge in [-0.05, 0) is 24.1 Å². The van der Waals surface area contributed by atoms with Crippen LogP contribution in [0.25, 0.3) is 10.9 Å². The number of nitrogens with two attached hydrogens (primary N) is 1. The summed E-state index contributed by atoms with van der Waals surface area (Å²) in [6, 6.07) is 18.0. The normalized spacial score (nSPS) is 16.2. The minimum absolute atomic E-state index is 0.138. The lowest BCUT2D eigenvalue weighted by Crippen LogP contribution is -2.92. The molecule has 1 fully saturated rings. The summed E-state index contributed by atoms with van der Waals surface area (Å²) in [4.78, 5) is 29.1. The molecule has 4 rings (SSSR count). The monoisotopic (exact) mass is 377 g/mol. The Hall–Kier alpha value is -3.12. The summed E-state index contributed by atoms with van der Waals surface area (Å²) >= 11 is 0. The van der Waals surface area contributed by atoms with Gasteiger partial charge < -0.3 is 15.6 Å². The van der Waals surface area contributed by atoms with E-state index >= 15 is 0 Å². The third-order valence-corrected chi connectivity index (χ3v) is 5.44. The molecule has 0 radical (unpaired) electrons. The standard InChI is InChI=1S/C22H24N4O2/c1-15(21(27)26-12-11-23-22(26)28)24-13-18(16-7-3-2-4-8-16)19-14-25-20-10-6-5-9-17(19)20/h2-10,14-15,18,24-25H,11-13H2,1H3,(H,23,28)/p+1/t15-,18+/m0/s1. The fraction of sp³-hybridized carbons (Fsp3) is 0.273. The lowest BCUT2D eigenvalue weighted by molar-refractivity contribution is -0.675. The molecule has 3 amide bonds. The summed E-state index contributed by atoms with van der Waals surface area (Å²) < 4.78 is 0. The van der Waals surface area contributed by atoms with Crippen molar-refractivity contribution in [2.24, 2.45) is 0 Å². The van der Waals surface area contributed by atoms with Gasteiger partial charge in [0.2, 0.25) is 0 Å². The van der Waals surface area contributed by atoms with Crippen LogP contribution in [0.4, 0.5) is 4.79 Å². The third-order valence-electron chi connectivity index (χ3n) is 5.44. The van der Waals surface area contributed by atoms with E-state index in [1.165, 1.54) is 21.4 Å². The number of benzene rings is 2. The predicted octanol–water partition coefficient (Wildman–Crippen LogP) is 1.80. The van der Waals surface area contributed by atoms with Crippen LogP contribution in [0.1, 0.15) is 24.0 Å². The van der Waals surface area contributed by atoms with Crippen LogP contribution >= 0.6 is 0 Å². The van der Waals surface area contributed by atoms with Gasteiger partial charge in [0.1, 0.15) is 0 Å². The van der Waals surface area contributed by atoms with E-state index in [9.17, 15) is 9.59 Å². The summed E-state index contributed by atoms with van der Waals surface area (Å²) in [5, 5.41) is 5.92. The van der Waals surface area contributed by atoms with E-state index in [4.69, 9.17) is 0 Å². The first-order chi connectivity index (χ1) is 13.6. The number of carbonyl (C=O) groups is 2. The van der Waals surface area contributed by atoms with Gasteiger partial charge in [0, 0.05) is 30.2 Å². The molecule has 3 aromatic rings. The van der Waals surface area contributed by atoms with Crippen molar-refractivity contribution in [2.45, 2.75) is 18.9 Å². The second kappa shape index (κ2) is 7.86. The lowest BCUT2D eigenvalue weighted by Gasteiger charge is -2.20. The molecule has 6 nitrogen and oxygen atoms in total. The number of carbonyl (C=O) groups excluding carboxylic acids is 2. The molecule has 2 atom stereocenters. The predicted molar refractivity (Wildman–Crippen MR) is 108 cm³/mol. The minimum atomic E-state index is -0.319. The van der Waals surface area contributed by atoms with Crippen LogP contribution in [0.15, 0.2) is 60.8 Å². The zero-order valence-corrected chi connectivity index (χ0v) is 15.9. The van der Waals surface area contributed by atoms with Crippen LogP contribution < -0.4 is 10.6 Å². The molecule has 144 valence electrons. The van der Waals surface area contributed by atoms with Gasteiger partial charge in [0.05, 0.1) is 12.5 Å². The van der Waals surface area contributed by atoms with Crippen molar-refractivity contribution >= 4 is 22.8 Å². The topological polar surface area (TPSA) is 81.8 Å². The second-order valence-corrected chi connectivity index (χ2v) is 7.23. The molecule has 1 aliphatic heterocycles. The van der Waals surface area contributed by atoms with Gasteiger partial charge in [0.15, 0.2) is 6.04 Å². The molecule has 0 saturated carbocycles. The fourth-order valence-corrected chi connectivity index (χ4v) is 3.88. The van der Waals surface area contributed by atoms with E-state index < -0.39 is 0 Å². The van der Waals surface area contributed by atoms with Gasteiger partial charge in [0.25, 0.3) is 5.91 Å². The molecule has 0 aliphatic carbocycles. The van der Waals surface area contributed by atoms with Crippen molar-refractivity contribution in [3.63, 3.8) is 0 Å². The average molecular weight is 377 g/mol. The largest absolute Gasteiger partial charge is 0.361 e. The fourth-order valence-electron chi connectivity index (χ4n) is 3.88. The number of aromatic amines is 1. The van der Waals surface area contributed by atoms with Gasteiger partial charge in [-0.1, -0.05) is 48.5 Å². The first-order valence-corrected chi connectivity index (χ1v) is 9.68. The van der Waals surface area contributed by atoms with E-state index in [1.54, 1.807) is 0 Å². The van der Waals surface area contributed by atoms with E-state index in [0.717, 1.165) is 5.52 Å². The Bertz CT molecular complexity index is 982. The molecule has 28 heavy (non-hydrogen) atoms. The average Bonchev–Trinajstić information content (AvgIpc) is 3.35. The molecule has 0 bridgehead atoms. The highest BCUT2D eigenvalue weighted by Crippen LogP contribution is 2.29. The molecule has 1 saturated heterocycles. The maximum absolute atomic E-state index is 12.6. The van der Waals surface area contributed by atoms with Crippen molar-refractivity contribution in [1.82, 2.24) is 15.2 Å². The van der Waals surface area contributed by atoms with E-state index in [2.05, 4.69) is 40.8 Å². The number of H-pyrrole nitrogens is 1. The first kappa shape index (κ1) is 18.3. The Morgan fingerprint density at radius 1 is 1.14 bits per heavy atom. The summed E-state index contributed by atoms with van der Waals surface area (Å²) in [5.74, 6) is 0.000688. The zero-order valence-electron chi connectivity index (χ0n) is 15.9. The summed E-state index contributed by atoms with van der Waals surface area (Å²) in [7, 11) is 0. The molecular weight excluding hydrogens is 352 g/mol. The molecule has 2 heterocycles. The van der Waals surface area contributed by atoms with E-state index in [1.807, 2.05) is 42.6 Å². The Morgan fingerprint density at radius 3 is 2.64 bits per heavy atom. The smallest absolute Gasteiger partial charge is 0.324 e. The van der Waals surface area contributed by atoms with Crippen LogP contribution in [0.5, 0.6) is 0 Å². The molecule has 0 unspecified atom stereocenters. The molecule has 1 aromatic heterocycles. The minimum Gasteiger partial charge on any atom is -0.361 e. The highest BCUT2D eigenvalue weighted by Gasteiger charge is 2.32. The SMILES string of the molecule is C[C@H]([NH2+]C[C@H](c1ccccc1)c1c[nH]c2ccccc12)C(=O)N1CCNC1=O. The third kappa shape index (κ3) is 3.51. The highest BCUT2D eigenvalue weighted by molar-refractivity contribution is 5.97. The number of nitrogens with one attached hydrogen (secondary N) is 2. The van der Waals surface area contributed by atoms with Gasteiger partial charge in [-0.3, -0.25) is 9.69 Å². The number of fused-ring (bicyclic) bond motifs is 1. The Labute approximate surface area is 163 Å². The number of aromatic nitrogens is 1.